The Kier molecular flexibility index (Phi) is 5.44. The highest BCUT2D eigenvalue weighted by molar-refractivity contribution is 5.94. The molecule has 0 saturated heterocycles. The average molecular weight is 394 g/mol. The quantitative estimate of drug-likeness (QED) is 0.668. The van der Waals surface area contributed by atoms with E-state index in [0.29, 0.717) is 29.1 Å². The van der Waals surface area contributed by atoms with Crippen LogP contribution in [-0.4, -0.2) is 57.5 Å². The largest absolute Gasteiger partial charge is 0.351 e. The number of amides is 1. The molecule has 3 aromatic rings. The number of benzene rings is 1. The third-order valence-corrected chi connectivity index (χ3v) is 5.40. The Bertz CT molecular complexity index is 1060. The Balaban J connectivity index is 1.57. The molecule has 0 radical (unpaired) electrons. The number of carbonyl (C=O) groups excluding carboxylic acids is 1. The van der Waals surface area contributed by atoms with Crippen LogP contribution in [0.25, 0.3) is 22.6 Å². The second-order valence-corrected chi connectivity index (χ2v) is 7.80. The first-order valence-electron chi connectivity index (χ1n) is 10.0. The van der Waals surface area contributed by atoms with Crippen LogP contribution < -0.4 is 11.0 Å². The molecule has 8 nitrogen and oxygen atoms in total. The van der Waals surface area contributed by atoms with Crippen molar-refractivity contribution in [1.29, 1.82) is 0 Å². The van der Waals surface area contributed by atoms with E-state index in [4.69, 9.17) is 4.98 Å². The van der Waals surface area contributed by atoms with Gasteiger partial charge in [-0.05, 0) is 39.1 Å². The van der Waals surface area contributed by atoms with Gasteiger partial charge in [0.25, 0.3) is 5.91 Å². The third kappa shape index (κ3) is 4.07. The molecule has 4 rings (SSSR count). The summed E-state index contributed by atoms with van der Waals surface area (Å²) >= 11 is 0. The first kappa shape index (κ1) is 19.3. The van der Waals surface area contributed by atoms with Gasteiger partial charge in [-0.1, -0.05) is 25.0 Å². The lowest BCUT2D eigenvalue weighted by Crippen LogP contribution is -2.31. The van der Waals surface area contributed by atoms with Crippen LogP contribution in [0, 0.1) is 0 Å². The van der Waals surface area contributed by atoms with E-state index in [2.05, 4.69) is 15.3 Å². The van der Waals surface area contributed by atoms with Crippen LogP contribution in [-0.2, 0) is 0 Å². The van der Waals surface area contributed by atoms with E-state index in [1.54, 1.807) is 22.9 Å². The zero-order valence-electron chi connectivity index (χ0n) is 16.8. The third-order valence-electron chi connectivity index (χ3n) is 5.40. The van der Waals surface area contributed by atoms with Gasteiger partial charge in [0.15, 0.2) is 11.3 Å². The highest BCUT2D eigenvalue weighted by Gasteiger charge is 2.22. The summed E-state index contributed by atoms with van der Waals surface area (Å²) in [5.74, 6) is -0.0966. The van der Waals surface area contributed by atoms with Crippen LogP contribution in [0.1, 0.15) is 42.1 Å². The molecule has 0 bridgehead atoms. The normalized spacial score (nSPS) is 14.7. The summed E-state index contributed by atoms with van der Waals surface area (Å²) in [6.07, 6.45) is 5.92. The standard InChI is InChI=1S/C21H26N6O2/c1-26(2)12-11-22-20(28)15-9-7-14(8-10-15)17-13-23-18-19(24-17)27(21(29)25-18)16-5-3-4-6-16/h7-10,13,16H,3-6,11-12H2,1-2H3,(H,22,28)(H,23,25,29). The maximum absolute atomic E-state index is 12.4. The molecule has 1 amide bonds. The van der Waals surface area contributed by atoms with Crippen LogP contribution in [0.5, 0.6) is 0 Å². The van der Waals surface area contributed by atoms with Gasteiger partial charge in [-0.3, -0.25) is 14.3 Å². The van der Waals surface area contributed by atoms with E-state index < -0.39 is 0 Å². The number of hydrogen-bond donors (Lipinski definition) is 2. The second kappa shape index (κ2) is 8.16. The number of nitrogens with one attached hydrogen (secondary N) is 2. The van der Waals surface area contributed by atoms with Gasteiger partial charge in [0, 0.05) is 30.3 Å². The van der Waals surface area contributed by atoms with Gasteiger partial charge in [0.1, 0.15) is 0 Å². The molecular formula is C21H26N6O2. The van der Waals surface area contributed by atoms with Crippen molar-refractivity contribution in [3.8, 4) is 11.3 Å². The van der Waals surface area contributed by atoms with E-state index in [0.717, 1.165) is 37.8 Å². The second-order valence-electron chi connectivity index (χ2n) is 7.80. The van der Waals surface area contributed by atoms with Gasteiger partial charge >= 0.3 is 5.69 Å². The summed E-state index contributed by atoms with van der Waals surface area (Å²) in [7, 11) is 3.94. The number of nitrogens with zero attached hydrogens (tertiary/aromatic N) is 4. The molecule has 1 saturated carbocycles. The molecular weight excluding hydrogens is 368 g/mol. The van der Waals surface area contributed by atoms with Crippen LogP contribution in [0.4, 0.5) is 0 Å². The van der Waals surface area contributed by atoms with Crippen molar-refractivity contribution >= 4 is 17.2 Å². The van der Waals surface area contributed by atoms with Gasteiger partial charge < -0.3 is 10.2 Å². The smallest absolute Gasteiger partial charge is 0.329 e. The Hall–Kier alpha value is -3.00. The molecule has 1 aromatic carbocycles. The molecule has 8 heteroatoms. The summed E-state index contributed by atoms with van der Waals surface area (Å²) in [5, 5.41) is 2.90. The van der Waals surface area contributed by atoms with E-state index >= 15 is 0 Å². The highest BCUT2D eigenvalue weighted by Crippen LogP contribution is 2.30. The Labute approximate surface area is 169 Å². The molecule has 0 spiro atoms. The van der Waals surface area contributed by atoms with Gasteiger partial charge in [-0.25, -0.2) is 14.8 Å². The first-order valence-corrected chi connectivity index (χ1v) is 10.0. The van der Waals surface area contributed by atoms with Crippen molar-refractivity contribution < 1.29 is 4.79 Å². The van der Waals surface area contributed by atoms with Gasteiger partial charge in [-0.2, -0.15) is 0 Å². The Morgan fingerprint density at radius 3 is 2.66 bits per heavy atom. The summed E-state index contributed by atoms with van der Waals surface area (Å²) in [6.45, 7) is 1.39. The molecule has 2 N–H and O–H groups in total. The fourth-order valence-electron chi connectivity index (χ4n) is 3.82. The zero-order valence-corrected chi connectivity index (χ0v) is 16.8. The summed E-state index contributed by atoms with van der Waals surface area (Å²) in [5.41, 5.74) is 3.12. The van der Waals surface area contributed by atoms with Crippen molar-refractivity contribution in [2.75, 3.05) is 27.2 Å². The van der Waals surface area contributed by atoms with Gasteiger partial charge in [-0.15, -0.1) is 0 Å². The minimum absolute atomic E-state index is 0.0966. The van der Waals surface area contributed by atoms with E-state index in [1.165, 1.54) is 0 Å². The van der Waals surface area contributed by atoms with Crippen LogP contribution in [0.2, 0.25) is 0 Å². The minimum Gasteiger partial charge on any atom is -0.351 e. The van der Waals surface area contributed by atoms with Crippen LogP contribution >= 0.6 is 0 Å². The van der Waals surface area contributed by atoms with E-state index in [1.807, 2.05) is 31.1 Å². The average Bonchev–Trinajstić information content (AvgIpc) is 3.33. The summed E-state index contributed by atoms with van der Waals surface area (Å²) in [4.78, 5) is 38.6. The van der Waals surface area contributed by atoms with Crippen molar-refractivity contribution in [2.24, 2.45) is 0 Å². The minimum atomic E-state index is -0.145. The molecule has 1 fully saturated rings. The lowest BCUT2D eigenvalue weighted by Gasteiger charge is -2.11. The maximum Gasteiger partial charge on any atom is 0.329 e. The Morgan fingerprint density at radius 1 is 1.24 bits per heavy atom. The lowest BCUT2D eigenvalue weighted by molar-refractivity contribution is 0.0951. The number of imidazole rings is 1. The molecule has 29 heavy (non-hydrogen) atoms. The molecule has 2 aromatic heterocycles. The predicted octanol–water partition coefficient (Wildman–Crippen LogP) is 2.19. The van der Waals surface area contributed by atoms with Crippen LogP contribution in [0.15, 0.2) is 35.3 Å². The number of aromatic nitrogens is 4. The number of likely N-dealkylation sites (N-methyl/N-ethyl adjacent to an activating group) is 1. The molecule has 2 heterocycles. The fourth-order valence-corrected chi connectivity index (χ4v) is 3.82. The summed E-state index contributed by atoms with van der Waals surface area (Å²) < 4.78 is 1.76. The SMILES string of the molecule is CN(C)CCNC(=O)c1ccc(-c2cnc3[nH]c(=O)n(C4CCCC4)c3n2)cc1. The molecule has 0 aliphatic heterocycles. The molecule has 0 unspecified atom stereocenters. The molecule has 1 aliphatic carbocycles. The van der Waals surface area contributed by atoms with E-state index in [-0.39, 0.29) is 17.6 Å². The van der Waals surface area contributed by atoms with Crippen molar-refractivity contribution in [1.82, 2.24) is 29.7 Å². The monoisotopic (exact) mass is 394 g/mol. The topological polar surface area (TPSA) is 95.9 Å². The molecule has 152 valence electrons. The van der Waals surface area contributed by atoms with Crippen molar-refractivity contribution in [2.45, 2.75) is 31.7 Å². The van der Waals surface area contributed by atoms with Crippen molar-refractivity contribution in [3.63, 3.8) is 0 Å². The van der Waals surface area contributed by atoms with E-state index in [9.17, 15) is 9.59 Å². The lowest BCUT2D eigenvalue weighted by atomic mass is 10.1. The number of carbonyl (C=O) groups is 1. The number of fused-ring (bicyclic) bond motifs is 1. The van der Waals surface area contributed by atoms with Gasteiger partial charge in [0.05, 0.1) is 11.9 Å². The molecule has 0 atom stereocenters. The fraction of sp³-hybridized carbons (Fsp3) is 0.429. The number of hydrogen-bond acceptors (Lipinski definition) is 5. The number of rotatable bonds is 6. The highest BCUT2D eigenvalue weighted by atomic mass is 16.2. The maximum atomic E-state index is 12.4. The van der Waals surface area contributed by atoms with Crippen molar-refractivity contribution in [3.05, 3.63) is 46.5 Å². The Morgan fingerprint density at radius 2 is 1.97 bits per heavy atom. The van der Waals surface area contributed by atoms with Crippen LogP contribution in [0.3, 0.4) is 0 Å². The van der Waals surface area contributed by atoms with Gasteiger partial charge in [0.2, 0.25) is 0 Å². The first-order chi connectivity index (χ1) is 14.0. The number of H-pyrrole nitrogens is 1. The predicted molar refractivity (Wildman–Crippen MR) is 112 cm³/mol. The summed E-state index contributed by atoms with van der Waals surface area (Å²) in [6, 6.07) is 7.48. The number of aromatic amines is 1. The molecule has 1 aliphatic rings. The zero-order chi connectivity index (χ0) is 20.4.